The number of likely N-dealkylation sites (N-methyl/N-ethyl adjacent to an activating group) is 1. The molecule has 2 heterocycles. The summed E-state index contributed by atoms with van der Waals surface area (Å²) in [7, 11) is 6.05. The minimum atomic E-state index is 0. The molecule has 0 bridgehead atoms. The topological polar surface area (TPSA) is 83.5 Å². The number of oxazole rings is 1. The summed E-state index contributed by atoms with van der Waals surface area (Å²) in [5.74, 6) is 1.36. The highest BCUT2D eigenvalue weighted by molar-refractivity contribution is 14.0. The molecule has 2 aromatic heterocycles. The van der Waals surface area contributed by atoms with Gasteiger partial charge in [-0.2, -0.15) is 5.10 Å². The van der Waals surface area contributed by atoms with Crippen molar-refractivity contribution in [3.63, 3.8) is 0 Å². The second-order valence-corrected chi connectivity index (χ2v) is 7.51. The number of aromatic nitrogens is 3. The van der Waals surface area contributed by atoms with Crippen LogP contribution in [0.15, 0.2) is 52.3 Å². The fraction of sp³-hybridized carbons (Fsp3) is 0.409. The van der Waals surface area contributed by atoms with Crippen LogP contribution < -0.4 is 10.6 Å². The molecule has 1 atom stereocenters. The average molecular weight is 537 g/mol. The first-order valence-corrected chi connectivity index (χ1v) is 10.1. The Morgan fingerprint density at radius 2 is 1.97 bits per heavy atom. The number of aryl methyl sites for hydroxylation is 2. The van der Waals surface area contributed by atoms with Crippen LogP contribution >= 0.6 is 24.0 Å². The van der Waals surface area contributed by atoms with E-state index in [9.17, 15) is 0 Å². The molecule has 2 N–H and O–H groups in total. The number of nitrogens with one attached hydrogen (secondary N) is 2. The lowest BCUT2D eigenvalue weighted by molar-refractivity contribution is 0.298. The normalized spacial score (nSPS) is 12.5. The van der Waals surface area contributed by atoms with Gasteiger partial charge in [-0.15, -0.1) is 24.0 Å². The van der Waals surface area contributed by atoms with Crippen LogP contribution in [0.2, 0.25) is 0 Å². The van der Waals surface area contributed by atoms with Gasteiger partial charge in [0, 0.05) is 37.5 Å². The van der Waals surface area contributed by atoms with Crippen LogP contribution in [0.4, 0.5) is 0 Å². The smallest absolute Gasteiger partial charge is 0.226 e. The summed E-state index contributed by atoms with van der Waals surface area (Å²) < 4.78 is 7.46. The predicted molar refractivity (Wildman–Crippen MR) is 135 cm³/mol. The van der Waals surface area contributed by atoms with Crippen LogP contribution in [0.3, 0.4) is 0 Å². The van der Waals surface area contributed by atoms with Crippen LogP contribution in [0.25, 0.3) is 11.5 Å². The van der Waals surface area contributed by atoms with Crippen molar-refractivity contribution in [3.05, 3.63) is 59.7 Å². The minimum Gasteiger partial charge on any atom is -0.444 e. The highest BCUT2D eigenvalue weighted by Crippen LogP contribution is 2.19. The third kappa shape index (κ3) is 7.06. The first-order valence-electron chi connectivity index (χ1n) is 10.1. The summed E-state index contributed by atoms with van der Waals surface area (Å²) in [5.41, 5.74) is 4.12. The van der Waals surface area contributed by atoms with Crippen molar-refractivity contribution in [2.24, 2.45) is 12.0 Å². The summed E-state index contributed by atoms with van der Waals surface area (Å²) >= 11 is 0. The highest BCUT2D eigenvalue weighted by Gasteiger charge is 2.16. The summed E-state index contributed by atoms with van der Waals surface area (Å²) in [4.78, 5) is 11.4. The highest BCUT2D eigenvalue weighted by atomic mass is 127. The number of hydrogen-bond donors (Lipinski definition) is 2. The van der Waals surface area contributed by atoms with E-state index in [-0.39, 0.29) is 30.0 Å². The van der Waals surface area contributed by atoms with Gasteiger partial charge in [0.15, 0.2) is 5.96 Å². The second-order valence-electron chi connectivity index (χ2n) is 7.51. The Balaban J connectivity index is 0.00000341. The third-order valence-electron chi connectivity index (χ3n) is 4.79. The van der Waals surface area contributed by atoms with Gasteiger partial charge in [-0.1, -0.05) is 17.7 Å². The molecule has 8 nitrogen and oxygen atoms in total. The zero-order valence-corrected chi connectivity index (χ0v) is 21.1. The van der Waals surface area contributed by atoms with E-state index < -0.39 is 0 Å². The van der Waals surface area contributed by atoms with Crippen molar-refractivity contribution < 1.29 is 4.42 Å². The number of rotatable bonds is 8. The van der Waals surface area contributed by atoms with Crippen molar-refractivity contribution in [1.29, 1.82) is 0 Å². The SMILES string of the molecule is CCNC(=NCc1coc(-c2ccc(C)cc2)n1)NCC(c1cnn(C)c1)N(C)C.I. The molecule has 9 heteroatoms. The Labute approximate surface area is 201 Å². The minimum absolute atomic E-state index is 0. The van der Waals surface area contributed by atoms with E-state index >= 15 is 0 Å². The quantitative estimate of drug-likeness (QED) is 0.261. The third-order valence-corrected chi connectivity index (χ3v) is 4.79. The number of hydrogen-bond acceptors (Lipinski definition) is 5. The van der Waals surface area contributed by atoms with Crippen molar-refractivity contribution in [1.82, 2.24) is 30.3 Å². The molecule has 0 fully saturated rings. The van der Waals surface area contributed by atoms with E-state index in [4.69, 9.17) is 4.42 Å². The Kier molecular flexibility index (Phi) is 9.50. The molecule has 0 spiro atoms. The van der Waals surface area contributed by atoms with Gasteiger partial charge in [-0.05, 0) is 40.1 Å². The van der Waals surface area contributed by atoms with Crippen molar-refractivity contribution in [3.8, 4) is 11.5 Å². The molecule has 1 aromatic carbocycles. The maximum Gasteiger partial charge on any atom is 0.226 e. The average Bonchev–Trinajstić information content (AvgIpc) is 3.36. The van der Waals surface area contributed by atoms with Crippen LogP contribution in [0, 0.1) is 6.92 Å². The molecule has 0 saturated carbocycles. The zero-order valence-electron chi connectivity index (χ0n) is 18.8. The van der Waals surface area contributed by atoms with Crippen LogP contribution in [-0.4, -0.2) is 52.8 Å². The predicted octanol–water partition coefficient (Wildman–Crippen LogP) is 3.36. The van der Waals surface area contributed by atoms with Crippen LogP contribution in [0.1, 0.15) is 29.8 Å². The summed E-state index contributed by atoms with van der Waals surface area (Å²) in [6.07, 6.45) is 5.61. The van der Waals surface area contributed by atoms with Crippen LogP contribution in [0.5, 0.6) is 0 Å². The van der Waals surface area contributed by atoms with Crippen molar-refractivity contribution >= 4 is 29.9 Å². The van der Waals surface area contributed by atoms with E-state index in [1.54, 1.807) is 6.26 Å². The molecule has 3 aromatic rings. The lowest BCUT2D eigenvalue weighted by Gasteiger charge is -2.24. The first kappa shape index (κ1) is 24.9. The van der Waals surface area contributed by atoms with E-state index in [0.29, 0.717) is 19.0 Å². The van der Waals surface area contributed by atoms with Gasteiger partial charge in [0.25, 0.3) is 0 Å². The molecule has 0 saturated heterocycles. The molecule has 168 valence electrons. The molecule has 1 unspecified atom stereocenters. The summed E-state index contributed by atoms with van der Waals surface area (Å²) in [5, 5.41) is 11.0. The Hall–Kier alpha value is -2.40. The van der Waals surface area contributed by atoms with Gasteiger partial charge < -0.3 is 20.0 Å². The van der Waals surface area contributed by atoms with E-state index in [1.807, 2.05) is 55.3 Å². The van der Waals surface area contributed by atoms with E-state index in [1.165, 1.54) is 5.56 Å². The van der Waals surface area contributed by atoms with Crippen molar-refractivity contribution in [2.45, 2.75) is 26.4 Å². The lowest BCUT2D eigenvalue weighted by atomic mass is 10.1. The Bertz CT molecular complexity index is 962. The van der Waals surface area contributed by atoms with E-state index in [2.05, 4.69) is 51.6 Å². The number of guanidine groups is 1. The Morgan fingerprint density at radius 1 is 1.23 bits per heavy atom. The lowest BCUT2D eigenvalue weighted by Crippen LogP contribution is -2.41. The number of halogens is 1. The molecule has 0 aliphatic carbocycles. The van der Waals surface area contributed by atoms with Gasteiger partial charge in [-0.3, -0.25) is 4.68 Å². The van der Waals surface area contributed by atoms with Gasteiger partial charge >= 0.3 is 0 Å². The Morgan fingerprint density at radius 3 is 2.58 bits per heavy atom. The maximum absolute atomic E-state index is 5.64. The monoisotopic (exact) mass is 537 g/mol. The first-order chi connectivity index (χ1) is 14.5. The zero-order chi connectivity index (χ0) is 21.5. The van der Waals surface area contributed by atoms with Gasteiger partial charge in [-0.25, -0.2) is 9.98 Å². The molecule has 0 amide bonds. The van der Waals surface area contributed by atoms with Gasteiger partial charge in [0.1, 0.15) is 12.0 Å². The molecular weight excluding hydrogens is 505 g/mol. The van der Waals surface area contributed by atoms with Gasteiger partial charge in [0.2, 0.25) is 5.89 Å². The molecule has 31 heavy (non-hydrogen) atoms. The standard InChI is InChI=1S/C22H31N7O.HI/c1-6-23-22(25-13-20(28(3)4)18-11-26-29(5)14-18)24-12-19-15-30-21(27-19)17-9-7-16(2)8-10-17;/h7-11,14-15,20H,6,12-13H2,1-5H3,(H2,23,24,25);1H. The summed E-state index contributed by atoms with van der Waals surface area (Å²) in [6, 6.07) is 8.31. The molecule has 0 radical (unpaired) electrons. The van der Waals surface area contributed by atoms with E-state index in [0.717, 1.165) is 29.3 Å². The maximum atomic E-state index is 5.64. The molecular formula is C22H32IN7O. The number of aliphatic imine (C=N–C) groups is 1. The summed E-state index contributed by atoms with van der Waals surface area (Å²) in [6.45, 7) is 6.03. The molecule has 0 aliphatic rings. The number of nitrogens with zero attached hydrogens (tertiary/aromatic N) is 5. The molecule has 0 aliphatic heterocycles. The number of benzene rings is 1. The molecule has 3 rings (SSSR count). The van der Waals surface area contributed by atoms with Gasteiger partial charge in [0.05, 0.1) is 18.8 Å². The van der Waals surface area contributed by atoms with Crippen LogP contribution in [-0.2, 0) is 13.6 Å². The fourth-order valence-electron chi connectivity index (χ4n) is 3.11. The van der Waals surface area contributed by atoms with Crippen molar-refractivity contribution in [2.75, 3.05) is 27.2 Å². The fourth-order valence-corrected chi connectivity index (χ4v) is 3.11. The second kappa shape index (κ2) is 11.8. The largest absolute Gasteiger partial charge is 0.444 e.